The van der Waals surface area contributed by atoms with Crippen molar-refractivity contribution in [1.29, 1.82) is 0 Å². The van der Waals surface area contributed by atoms with Gasteiger partial charge in [-0.2, -0.15) is 0 Å². The minimum atomic E-state index is -0.159. The number of rotatable bonds is 5. The second kappa shape index (κ2) is 5.81. The maximum Gasteiger partial charge on any atom is 0.256 e. The third kappa shape index (κ3) is 2.76. The number of hydrogen-bond acceptors (Lipinski definition) is 4. The molecule has 2 aliphatic rings. The van der Waals surface area contributed by atoms with Crippen LogP contribution in [0, 0.1) is 5.92 Å². The average molecular weight is 315 g/mol. The van der Waals surface area contributed by atoms with Gasteiger partial charge in [0.05, 0.1) is 17.9 Å². The van der Waals surface area contributed by atoms with Crippen molar-refractivity contribution in [2.75, 3.05) is 19.8 Å². The van der Waals surface area contributed by atoms with E-state index in [1.54, 1.807) is 23.1 Å². The van der Waals surface area contributed by atoms with E-state index in [0.29, 0.717) is 24.6 Å². The fourth-order valence-corrected chi connectivity index (χ4v) is 3.14. The van der Waals surface area contributed by atoms with E-state index in [4.69, 9.17) is 4.74 Å². The van der Waals surface area contributed by atoms with Crippen LogP contribution < -0.4 is 0 Å². The standard InChI is InChI=1S/C16H21N5O2/c1-20-13-5-7-21(16(22)12-4-6-17-8-12)14(15(13)18-19-20)10-23-9-11-2-3-11/h4,6,8,11,14,17H,2-3,5,7,9-10H2,1H3. The number of nitrogens with one attached hydrogen (secondary N) is 1. The summed E-state index contributed by atoms with van der Waals surface area (Å²) in [5.74, 6) is 0.719. The van der Waals surface area contributed by atoms with Crippen molar-refractivity contribution in [1.82, 2.24) is 24.9 Å². The lowest BCUT2D eigenvalue weighted by molar-refractivity contribution is 0.0355. The molecule has 1 atom stereocenters. The van der Waals surface area contributed by atoms with Crippen LogP contribution in [0.15, 0.2) is 18.5 Å². The molecule has 7 heteroatoms. The van der Waals surface area contributed by atoms with Crippen molar-refractivity contribution in [3.05, 3.63) is 35.4 Å². The Bertz CT molecular complexity index is 689. The highest BCUT2D eigenvalue weighted by Crippen LogP contribution is 2.32. The first-order valence-corrected chi connectivity index (χ1v) is 8.14. The minimum Gasteiger partial charge on any atom is -0.379 e. The summed E-state index contributed by atoms with van der Waals surface area (Å²) in [6.45, 7) is 1.92. The van der Waals surface area contributed by atoms with E-state index in [-0.39, 0.29) is 11.9 Å². The fourth-order valence-electron chi connectivity index (χ4n) is 3.14. The van der Waals surface area contributed by atoms with Crippen LogP contribution in [0.2, 0.25) is 0 Å². The summed E-state index contributed by atoms with van der Waals surface area (Å²) in [6, 6.07) is 1.64. The summed E-state index contributed by atoms with van der Waals surface area (Å²) >= 11 is 0. The number of fused-ring (bicyclic) bond motifs is 1. The summed E-state index contributed by atoms with van der Waals surface area (Å²) < 4.78 is 7.69. The Morgan fingerprint density at radius 3 is 3.04 bits per heavy atom. The van der Waals surface area contributed by atoms with Crippen LogP contribution in [0.4, 0.5) is 0 Å². The van der Waals surface area contributed by atoms with Crippen LogP contribution in [-0.4, -0.2) is 50.5 Å². The van der Waals surface area contributed by atoms with Gasteiger partial charge in [-0.3, -0.25) is 9.48 Å². The number of nitrogens with zero attached hydrogens (tertiary/aromatic N) is 4. The molecule has 2 aromatic rings. The van der Waals surface area contributed by atoms with Gasteiger partial charge < -0.3 is 14.6 Å². The molecular weight excluding hydrogens is 294 g/mol. The molecule has 0 aromatic carbocycles. The Labute approximate surface area is 134 Å². The summed E-state index contributed by atoms with van der Waals surface area (Å²) in [4.78, 5) is 17.6. The van der Waals surface area contributed by atoms with Gasteiger partial charge >= 0.3 is 0 Å². The predicted molar refractivity (Wildman–Crippen MR) is 82.8 cm³/mol. The van der Waals surface area contributed by atoms with Crippen molar-refractivity contribution >= 4 is 5.91 Å². The Hall–Kier alpha value is -2.15. The molecule has 23 heavy (non-hydrogen) atoms. The quantitative estimate of drug-likeness (QED) is 0.902. The third-order valence-electron chi connectivity index (χ3n) is 4.69. The molecule has 4 rings (SSSR count). The van der Waals surface area contributed by atoms with Gasteiger partial charge in [0.2, 0.25) is 0 Å². The van der Waals surface area contributed by atoms with E-state index in [0.717, 1.165) is 24.4 Å². The molecule has 1 aliphatic carbocycles. The Balaban J connectivity index is 1.57. The molecule has 3 heterocycles. The van der Waals surface area contributed by atoms with Crippen LogP contribution in [0.3, 0.4) is 0 Å². The monoisotopic (exact) mass is 315 g/mol. The smallest absolute Gasteiger partial charge is 0.256 e. The van der Waals surface area contributed by atoms with E-state index >= 15 is 0 Å². The van der Waals surface area contributed by atoms with Gasteiger partial charge in [0.1, 0.15) is 11.7 Å². The highest BCUT2D eigenvalue weighted by atomic mass is 16.5. The molecule has 0 bridgehead atoms. The number of aryl methyl sites for hydroxylation is 1. The number of ether oxygens (including phenoxy) is 1. The summed E-state index contributed by atoms with van der Waals surface area (Å²) in [7, 11) is 1.90. The highest BCUT2D eigenvalue weighted by Gasteiger charge is 2.35. The number of H-pyrrole nitrogens is 1. The first kappa shape index (κ1) is 14.4. The number of carbonyl (C=O) groups excluding carboxylic acids is 1. The van der Waals surface area contributed by atoms with Gasteiger partial charge in [-0.1, -0.05) is 5.21 Å². The second-order valence-corrected chi connectivity index (χ2v) is 6.39. The predicted octanol–water partition coefficient (Wildman–Crippen LogP) is 1.31. The molecule has 7 nitrogen and oxygen atoms in total. The lowest BCUT2D eigenvalue weighted by atomic mass is 10.0. The fraction of sp³-hybridized carbons (Fsp3) is 0.562. The lowest BCUT2D eigenvalue weighted by Gasteiger charge is -2.34. The van der Waals surface area contributed by atoms with Crippen LogP contribution in [0.25, 0.3) is 0 Å². The summed E-state index contributed by atoms with van der Waals surface area (Å²) in [5, 5.41) is 8.42. The molecule has 0 saturated heterocycles. The van der Waals surface area contributed by atoms with Crippen LogP contribution in [0.1, 0.15) is 40.6 Å². The van der Waals surface area contributed by atoms with Gasteiger partial charge in [0.15, 0.2) is 0 Å². The van der Waals surface area contributed by atoms with Gasteiger partial charge in [0, 0.05) is 39.0 Å². The average Bonchev–Trinajstić information content (AvgIpc) is 3.07. The molecule has 122 valence electrons. The highest BCUT2D eigenvalue weighted by molar-refractivity contribution is 5.94. The number of carbonyl (C=O) groups is 1. The van der Waals surface area contributed by atoms with Crippen molar-refractivity contribution in [2.24, 2.45) is 13.0 Å². The number of aromatic nitrogens is 4. The molecule has 0 radical (unpaired) electrons. The molecule has 0 spiro atoms. The Kier molecular flexibility index (Phi) is 3.65. The Morgan fingerprint density at radius 2 is 2.30 bits per heavy atom. The third-order valence-corrected chi connectivity index (χ3v) is 4.69. The topological polar surface area (TPSA) is 76.0 Å². The van der Waals surface area contributed by atoms with Crippen LogP contribution >= 0.6 is 0 Å². The molecule has 1 aliphatic heterocycles. The number of aromatic amines is 1. The zero-order chi connectivity index (χ0) is 15.8. The molecule has 1 fully saturated rings. The van der Waals surface area contributed by atoms with Crippen LogP contribution in [0.5, 0.6) is 0 Å². The minimum absolute atomic E-state index is 0.0163. The maximum atomic E-state index is 12.8. The number of amides is 1. The normalized spacial score (nSPS) is 20.6. The molecule has 2 aromatic heterocycles. The van der Waals surface area contributed by atoms with E-state index < -0.39 is 0 Å². The van der Waals surface area contributed by atoms with E-state index in [2.05, 4.69) is 15.3 Å². The largest absolute Gasteiger partial charge is 0.379 e. The van der Waals surface area contributed by atoms with Gasteiger partial charge in [-0.05, 0) is 24.8 Å². The van der Waals surface area contributed by atoms with Crippen molar-refractivity contribution in [3.63, 3.8) is 0 Å². The van der Waals surface area contributed by atoms with Crippen molar-refractivity contribution in [3.8, 4) is 0 Å². The zero-order valence-electron chi connectivity index (χ0n) is 13.2. The van der Waals surface area contributed by atoms with Crippen LogP contribution in [-0.2, 0) is 18.2 Å². The van der Waals surface area contributed by atoms with Gasteiger partial charge in [-0.25, -0.2) is 0 Å². The van der Waals surface area contributed by atoms with Gasteiger partial charge in [0.25, 0.3) is 5.91 Å². The summed E-state index contributed by atoms with van der Waals surface area (Å²) in [5.41, 5.74) is 2.64. The van der Waals surface area contributed by atoms with E-state index in [1.165, 1.54) is 12.8 Å². The molecule has 1 saturated carbocycles. The Morgan fingerprint density at radius 1 is 1.43 bits per heavy atom. The molecular formula is C16H21N5O2. The first-order chi connectivity index (χ1) is 11.2. The van der Waals surface area contributed by atoms with Crippen molar-refractivity contribution < 1.29 is 9.53 Å². The lowest BCUT2D eigenvalue weighted by Crippen LogP contribution is -2.42. The van der Waals surface area contributed by atoms with E-state index in [9.17, 15) is 4.79 Å². The summed E-state index contributed by atoms with van der Waals surface area (Å²) in [6.07, 6.45) is 6.79. The number of hydrogen-bond donors (Lipinski definition) is 1. The molecule has 1 unspecified atom stereocenters. The van der Waals surface area contributed by atoms with Crippen molar-refractivity contribution in [2.45, 2.75) is 25.3 Å². The second-order valence-electron chi connectivity index (χ2n) is 6.39. The zero-order valence-corrected chi connectivity index (χ0v) is 13.2. The van der Waals surface area contributed by atoms with Gasteiger partial charge in [-0.15, -0.1) is 5.10 Å². The van der Waals surface area contributed by atoms with E-state index in [1.807, 2.05) is 11.9 Å². The SMILES string of the molecule is Cn1nnc2c1CCN(C(=O)c1cc[nH]c1)C2COCC1CC1. The maximum absolute atomic E-state index is 12.8. The first-order valence-electron chi connectivity index (χ1n) is 8.14. The molecule has 1 N–H and O–H groups in total. The molecule has 1 amide bonds.